The van der Waals surface area contributed by atoms with Crippen LogP contribution in [0.5, 0.6) is 0 Å². The molecule has 8 nitrogen and oxygen atoms in total. The van der Waals surface area contributed by atoms with E-state index in [2.05, 4.69) is 9.68 Å². The first-order chi connectivity index (χ1) is 8.58. The Balaban J connectivity index is 2.45. The molecule has 1 atom stereocenters. The Morgan fingerprint density at radius 3 is 2.33 bits per heavy atom. The molecule has 0 amide bonds. The van der Waals surface area contributed by atoms with Crippen molar-refractivity contribution in [1.82, 2.24) is 0 Å². The van der Waals surface area contributed by atoms with Crippen LogP contribution in [0.25, 0.3) is 0 Å². The summed E-state index contributed by atoms with van der Waals surface area (Å²) in [7, 11) is 0. The lowest BCUT2D eigenvalue weighted by Gasteiger charge is -2.13. The minimum absolute atomic E-state index is 0.263. The van der Waals surface area contributed by atoms with Crippen molar-refractivity contribution in [2.75, 3.05) is 6.61 Å². The van der Waals surface area contributed by atoms with Gasteiger partial charge in [-0.15, -0.1) is 20.2 Å². The summed E-state index contributed by atoms with van der Waals surface area (Å²) in [4.78, 5) is 28.6. The fraction of sp³-hybridized carbons (Fsp3) is 0.400. The third kappa shape index (κ3) is 5.64. The van der Waals surface area contributed by atoms with E-state index in [1.807, 2.05) is 30.3 Å². The molecular formula is C10H12N2O6. The van der Waals surface area contributed by atoms with Crippen molar-refractivity contribution < 1.29 is 19.8 Å². The van der Waals surface area contributed by atoms with E-state index in [-0.39, 0.29) is 6.42 Å². The normalized spacial score (nSPS) is 11.6. The third-order valence-electron chi connectivity index (χ3n) is 2.20. The SMILES string of the molecule is O=[N+]([O-])OC[C@H](CCc1ccccc1)O[N+](=O)[O-]. The van der Waals surface area contributed by atoms with Crippen molar-refractivity contribution in [3.05, 3.63) is 56.1 Å². The number of hydrogen-bond donors (Lipinski definition) is 0. The van der Waals surface area contributed by atoms with Crippen LogP contribution in [0.3, 0.4) is 0 Å². The summed E-state index contributed by atoms with van der Waals surface area (Å²) in [6.07, 6.45) is -0.176. The second-order valence-electron chi connectivity index (χ2n) is 3.49. The topological polar surface area (TPSA) is 105 Å². The van der Waals surface area contributed by atoms with Crippen LogP contribution in [-0.4, -0.2) is 22.9 Å². The van der Waals surface area contributed by atoms with E-state index >= 15 is 0 Å². The van der Waals surface area contributed by atoms with E-state index in [0.717, 1.165) is 5.56 Å². The van der Waals surface area contributed by atoms with Crippen LogP contribution in [0.15, 0.2) is 30.3 Å². The molecule has 0 aliphatic rings. The molecule has 0 spiro atoms. The highest BCUT2D eigenvalue weighted by Crippen LogP contribution is 2.08. The van der Waals surface area contributed by atoms with Crippen molar-refractivity contribution in [2.24, 2.45) is 0 Å². The molecule has 18 heavy (non-hydrogen) atoms. The molecule has 0 aromatic heterocycles. The van der Waals surface area contributed by atoms with Crippen LogP contribution in [0.1, 0.15) is 12.0 Å². The zero-order chi connectivity index (χ0) is 13.4. The van der Waals surface area contributed by atoms with Crippen LogP contribution < -0.4 is 0 Å². The van der Waals surface area contributed by atoms with Gasteiger partial charge in [-0.05, 0) is 18.4 Å². The van der Waals surface area contributed by atoms with Crippen molar-refractivity contribution in [2.45, 2.75) is 18.9 Å². The van der Waals surface area contributed by atoms with Crippen LogP contribution >= 0.6 is 0 Å². The summed E-state index contributed by atoms with van der Waals surface area (Å²) < 4.78 is 0. The highest BCUT2D eigenvalue weighted by molar-refractivity contribution is 5.14. The van der Waals surface area contributed by atoms with Gasteiger partial charge >= 0.3 is 0 Å². The summed E-state index contributed by atoms with van der Waals surface area (Å²) in [6, 6.07) is 9.25. The first-order valence-electron chi connectivity index (χ1n) is 5.20. The van der Waals surface area contributed by atoms with Gasteiger partial charge in [0.2, 0.25) is 0 Å². The van der Waals surface area contributed by atoms with E-state index in [1.54, 1.807) is 0 Å². The highest BCUT2D eigenvalue weighted by Gasteiger charge is 2.15. The molecule has 1 aromatic carbocycles. The van der Waals surface area contributed by atoms with Crippen LogP contribution in [0, 0.1) is 20.2 Å². The molecule has 8 heteroatoms. The Morgan fingerprint density at radius 2 is 1.78 bits per heavy atom. The van der Waals surface area contributed by atoms with Crippen LogP contribution in [0.4, 0.5) is 0 Å². The summed E-state index contributed by atoms with van der Waals surface area (Å²) in [6.45, 7) is -0.458. The lowest BCUT2D eigenvalue weighted by molar-refractivity contribution is -0.790. The maximum Gasteiger partial charge on any atom is 0.294 e. The average molecular weight is 256 g/mol. The first kappa shape index (κ1) is 13.7. The van der Waals surface area contributed by atoms with Gasteiger partial charge in [0.25, 0.3) is 10.2 Å². The Morgan fingerprint density at radius 1 is 1.11 bits per heavy atom. The molecule has 0 bridgehead atoms. The zero-order valence-electron chi connectivity index (χ0n) is 9.43. The molecule has 0 heterocycles. The highest BCUT2D eigenvalue weighted by atomic mass is 17.0. The number of rotatable bonds is 8. The Hall–Kier alpha value is -2.38. The van der Waals surface area contributed by atoms with E-state index in [4.69, 9.17) is 0 Å². The Labute approximate surface area is 102 Å². The fourth-order valence-electron chi connectivity index (χ4n) is 1.40. The van der Waals surface area contributed by atoms with Gasteiger partial charge in [0.05, 0.1) is 0 Å². The van der Waals surface area contributed by atoms with Gasteiger partial charge in [0.15, 0.2) is 0 Å². The van der Waals surface area contributed by atoms with Gasteiger partial charge in [-0.2, -0.15) is 0 Å². The molecule has 0 radical (unpaired) electrons. The standard InChI is InChI=1S/C10H12N2O6/c13-11(14)17-8-10(18-12(15)16)7-6-9-4-2-1-3-5-9/h1-5,10H,6-8H2/t10-/m0/s1. The van der Waals surface area contributed by atoms with Gasteiger partial charge in [0.1, 0.15) is 12.7 Å². The van der Waals surface area contributed by atoms with Crippen molar-refractivity contribution in [1.29, 1.82) is 0 Å². The predicted octanol–water partition coefficient (Wildman–Crippen LogP) is 1.40. The Kier molecular flexibility index (Phi) is 5.36. The summed E-state index contributed by atoms with van der Waals surface area (Å²) in [5, 5.41) is 18.3. The monoisotopic (exact) mass is 256 g/mol. The zero-order valence-corrected chi connectivity index (χ0v) is 9.43. The molecule has 0 fully saturated rings. The van der Waals surface area contributed by atoms with E-state index < -0.39 is 22.9 Å². The van der Waals surface area contributed by atoms with Gasteiger partial charge < -0.3 is 9.68 Å². The molecule has 0 saturated heterocycles. The predicted molar refractivity (Wildman–Crippen MR) is 59.6 cm³/mol. The minimum atomic E-state index is -1.00. The first-order valence-corrected chi connectivity index (χ1v) is 5.20. The molecular weight excluding hydrogens is 244 g/mol. The number of hydrogen-bond acceptors (Lipinski definition) is 6. The average Bonchev–Trinajstić information content (AvgIpc) is 2.33. The van der Waals surface area contributed by atoms with E-state index in [9.17, 15) is 20.2 Å². The van der Waals surface area contributed by atoms with E-state index in [0.29, 0.717) is 6.42 Å². The fourth-order valence-corrected chi connectivity index (χ4v) is 1.40. The minimum Gasteiger partial charge on any atom is -0.312 e. The quantitative estimate of drug-likeness (QED) is 0.514. The smallest absolute Gasteiger partial charge is 0.294 e. The number of benzene rings is 1. The number of nitrogens with zero attached hydrogens (tertiary/aromatic N) is 2. The maximum atomic E-state index is 10.2. The molecule has 0 aliphatic heterocycles. The summed E-state index contributed by atoms with van der Waals surface area (Å²) >= 11 is 0. The molecule has 0 unspecified atom stereocenters. The van der Waals surface area contributed by atoms with Crippen molar-refractivity contribution in [3.8, 4) is 0 Å². The van der Waals surface area contributed by atoms with Gasteiger partial charge in [-0.25, -0.2) is 0 Å². The molecule has 98 valence electrons. The van der Waals surface area contributed by atoms with Crippen LogP contribution in [-0.2, 0) is 16.1 Å². The van der Waals surface area contributed by atoms with Crippen molar-refractivity contribution in [3.63, 3.8) is 0 Å². The third-order valence-corrected chi connectivity index (χ3v) is 2.20. The second-order valence-corrected chi connectivity index (χ2v) is 3.49. The molecule has 1 aromatic rings. The van der Waals surface area contributed by atoms with Crippen LogP contribution in [0.2, 0.25) is 0 Å². The number of aryl methyl sites for hydroxylation is 1. The van der Waals surface area contributed by atoms with Gasteiger partial charge in [-0.1, -0.05) is 30.3 Å². The maximum absolute atomic E-state index is 10.2. The van der Waals surface area contributed by atoms with Gasteiger partial charge in [0, 0.05) is 0 Å². The summed E-state index contributed by atoms with van der Waals surface area (Å²) in [5.74, 6) is 0. The Bertz CT molecular complexity index is 397. The van der Waals surface area contributed by atoms with Gasteiger partial charge in [-0.3, -0.25) is 0 Å². The summed E-state index contributed by atoms with van der Waals surface area (Å²) in [5.41, 5.74) is 0.968. The van der Waals surface area contributed by atoms with E-state index in [1.165, 1.54) is 0 Å². The lowest BCUT2D eigenvalue weighted by Crippen LogP contribution is -2.25. The lowest BCUT2D eigenvalue weighted by atomic mass is 10.1. The molecule has 0 aliphatic carbocycles. The van der Waals surface area contributed by atoms with Crippen molar-refractivity contribution >= 4 is 0 Å². The molecule has 0 saturated carbocycles. The molecule has 0 N–H and O–H groups in total. The second kappa shape index (κ2) is 7.05. The largest absolute Gasteiger partial charge is 0.312 e. The molecule has 1 rings (SSSR count).